The van der Waals surface area contributed by atoms with Crippen molar-refractivity contribution in [2.45, 2.75) is 46.2 Å². The molecule has 0 saturated carbocycles. The van der Waals surface area contributed by atoms with Crippen molar-refractivity contribution in [2.75, 3.05) is 30.6 Å². The van der Waals surface area contributed by atoms with E-state index >= 15 is 0 Å². The van der Waals surface area contributed by atoms with Crippen molar-refractivity contribution >= 4 is 23.7 Å². The highest BCUT2D eigenvalue weighted by molar-refractivity contribution is 5.79. The van der Waals surface area contributed by atoms with Gasteiger partial charge in [-0.25, -0.2) is 9.40 Å². The van der Waals surface area contributed by atoms with Crippen molar-refractivity contribution in [3.05, 3.63) is 53.6 Å². The van der Waals surface area contributed by atoms with Gasteiger partial charge in [0.05, 0.1) is 11.9 Å². The van der Waals surface area contributed by atoms with E-state index in [1.54, 1.807) is 24.4 Å². The summed E-state index contributed by atoms with van der Waals surface area (Å²) in [5.41, 5.74) is 5.42. The monoisotopic (exact) mass is 441 g/mol. The number of carbonyl (C=O) groups excluding carboxylic acids is 2. The first-order valence-electron chi connectivity index (χ1n) is 11.0. The molecule has 1 aromatic carbocycles. The SMILES string of the molecule is Cc1ccc(NN(C=O)c2cc(CN3CCC(N(C)C(=O)C(C)C)CC3)ccc2F)cn1. The third kappa shape index (κ3) is 5.82. The molecule has 1 saturated heterocycles. The molecule has 0 spiro atoms. The molecule has 1 aromatic heterocycles. The number of hydrazine groups is 1. The first kappa shape index (κ1) is 23.7. The summed E-state index contributed by atoms with van der Waals surface area (Å²) in [5, 5.41) is 1.13. The van der Waals surface area contributed by atoms with Crippen LogP contribution in [0.2, 0.25) is 0 Å². The van der Waals surface area contributed by atoms with Gasteiger partial charge < -0.3 is 4.90 Å². The maximum Gasteiger partial charge on any atom is 0.232 e. The zero-order valence-electron chi connectivity index (χ0n) is 19.2. The van der Waals surface area contributed by atoms with Gasteiger partial charge in [-0.1, -0.05) is 19.9 Å². The molecule has 0 aliphatic carbocycles. The molecule has 1 N–H and O–H groups in total. The summed E-state index contributed by atoms with van der Waals surface area (Å²) in [5.74, 6) is -0.307. The number of rotatable bonds is 8. The third-order valence-electron chi connectivity index (χ3n) is 5.89. The van der Waals surface area contributed by atoms with Crippen LogP contribution in [0.4, 0.5) is 15.8 Å². The summed E-state index contributed by atoms with van der Waals surface area (Å²) >= 11 is 0. The van der Waals surface area contributed by atoms with E-state index in [-0.39, 0.29) is 23.6 Å². The van der Waals surface area contributed by atoms with Crippen LogP contribution in [0.25, 0.3) is 0 Å². The molecule has 172 valence electrons. The molecule has 0 radical (unpaired) electrons. The summed E-state index contributed by atoms with van der Waals surface area (Å²) in [7, 11) is 1.89. The number of aryl methyl sites for hydroxylation is 1. The Kier molecular flexibility index (Phi) is 7.80. The van der Waals surface area contributed by atoms with Crippen LogP contribution in [0.15, 0.2) is 36.5 Å². The zero-order chi connectivity index (χ0) is 23.3. The molecule has 7 nitrogen and oxygen atoms in total. The Morgan fingerprint density at radius 2 is 2.00 bits per heavy atom. The lowest BCUT2D eigenvalue weighted by atomic mass is 10.0. The highest BCUT2D eigenvalue weighted by atomic mass is 19.1. The van der Waals surface area contributed by atoms with Gasteiger partial charge in [0, 0.05) is 44.3 Å². The van der Waals surface area contributed by atoms with Crippen molar-refractivity contribution in [2.24, 2.45) is 5.92 Å². The molecule has 1 aliphatic rings. The predicted molar refractivity (Wildman–Crippen MR) is 123 cm³/mol. The number of amides is 2. The smallest absolute Gasteiger partial charge is 0.232 e. The Bertz CT molecular complexity index is 926. The number of benzene rings is 1. The summed E-state index contributed by atoms with van der Waals surface area (Å²) in [6.07, 6.45) is 3.96. The molecule has 2 heterocycles. The average Bonchev–Trinajstić information content (AvgIpc) is 2.79. The van der Waals surface area contributed by atoms with Gasteiger partial charge in [0.15, 0.2) is 0 Å². The molecule has 1 aliphatic heterocycles. The summed E-state index contributed by atoms with van der Waals surface area (Å²) in [6.45, 7) is 8.09. The number of hydrogen-bond acceptors (Lipinski definition) is 5. The third-order valence-corrected chi connectivity index (χ3v) is 5.89. The predicted octanol–water partition coefficient (Wildman–Crippen LogP) is 3.60. The molecular formula is C24H32FN5O2. The number of piperidine rings is 1. The van der Waals surface area contributed by atoms with E-state index in [9.17, 15) is 14.0 Å². The number of halogens is 1. The average molecular weight is 442 g/mol. The Morgan fingerprint density at radius 1 is 1.28 bits per heavy atom. The normalized spacial score (nSPS) is 14.9. The van der Waals surface area contributed by atoms with E-state index in [0.717, 1.165) is 42.2 Å². The van der Waals surface area contributed by atoms with E-state index in [4.69, 9.17) is 0 Å². The summed E-state index contributed by atoms with van der Waals surface area (Å²) < 4.78 is 14.5. The first-order chi connectivity index (χ1) is 15.3. The highest BCUT2D eigenvalue weighted by Gasteiger charge is 2.26. The molecule has 32 heavy (non-hydrogen) atoms. The molecule has 3 rings (SSSR count). The largest absolute Gasteiger partial charge is 0.342 e. The quantitative estimate of drug-likeness (QED) is 0.501. The van der Waals surface area contributed by atoms with Crippen LogP contribution in [-0.4, -0.2) is 53.3 Å². The second kappa shape index (κ2) is 10.5. The van der Waals surface area contributed by atoms with Gasteiger partial charge >= 0.3 is 0 Å². The first-order valence-corrected chi connectivity index (χ1v) is 11.0. The van der Waals surface area contributed by atoms with Crippen molar-refractivity contribution < 1.29 is 14.0 Å². The van der Waals surface area contributed by atoms with Crippen molar-refractivity contribution in [3.63, 3.8) is 0 Å². The molecule has 2 aromatic rings. The Labute approximate surface area is 189 Å². The maximum atomic E-state index is 14.5. The number of hydrogen-bond donors (Lipinski definition) is 1. The minimum Gasteiger partial charge on any atom is -0.342 e. The zero-order valence-corrected chi connectivity index (χ0v) is 19.2. The minimum atomic E-state index is -0.485. The van der Waals surface area contributed by atoms with Crippen LogP contribution >= 0.6 is 0 Å². The second-order valence-electron chi connectivity index (χ2n) is 8.67. The van der Waals surface area contributed by atoms with Gasteiger partial charge in [0.1, 0.15) is 11.5 Å². The van der Waals surface area contributed by atoms with Gasteiger partial charge in [0.25, 0.3) is 0 Å². The number of nitrogens with one attached hydrogen (secondary N) is 1. The van der Waals surface area contributed by atoms with Crippen molar-refractivity contribution in [1.82, 2.24) is 14.8 Å². The molecule has 8 heteroatoms. The molecule has 0 atom stereocenters. The number of carbonyl (C=O) groups is 2. The molecule has 1 fully saturated rings. The van der Waals surface area contributed by atoms with Crippen molar-refractivity contribution in [3.8, 4) is 0 Å². The lowest BCUT2D eigenvalue weighted by Gasteiger charge is -2.37. The second-order valence-corrected chi connectivity index (χ2v) is 8.67. The summed E-state index contributed by atoms with van der Waals surface area (Å²) in [6, 6.07) is 8.68. The van der Waals surface area contributed by atoms with Crippen LogP contribution in [0.1, 0.15) is 37.9 Å². The number of pyridine rings is 1. The lowest BCUT2D eigenvalue weighted by molar-refractivity contribution is -0.136. The van der Waals surface area contributed by atoms with E-state index in [2.05, 4.69) is 15.3 Å². The van der Waals surface area contributed by atoms with Crippen LogP contribution in [0.3, 0.4) is 0 Å². The van der Waals surface area contributed by atoms with Gasteiger partial charge in [-0.05, 0) is 49.6 Å². The minimum absolute atomic E-state index is 0.000677. The van der Waals surface area contributed by atoms with E-state index in [0.29, 0.717) is 18.6 Å². The fourth-order valence-corrected chi connectivity index (χ4v) is 3.97. The van der Waals surface area contributed by atoms with Crippen LogP contribution in [0.5, 0.6) is 0 Å². The molecule has 0 bridgehead atoms. The number of aromatic nitrogens is 1. The van der Waals surface area contributed by atoms with E-state index in [1.807, 2.05) is 38.8 Å². The Morgan fingerprint density at radius 3 is 2.59 bits per heavy atom. The molecule has 0 unspecified atom stereocenters. The number of likely N-dealkylation sites (tertiary alicyclic amines) is 1. The van der Waals surface area contributed by atoms with Crippen LogP contribution in [-0.2, 0) is 16.1 Å². The van der Waals surface area contributed by atoms with Crippen LogP contribution in [0, 0.1) is 18.7 Å². The van der Waals surface area contributed by atoms with Gasteiger partial charge in [-0.3, -0.25) is 24.9 Å². The Balaban J connectivity index is 1.64. The van der Waals surface area contributed by atoms with Gasteiger partial charge in [-0.15, -0.1) is 0 Å². The number of nitrogens with zero attached hydrogens (tertiary/aromatic N) is 4. The van der Waals surface area contributed by atoms with Crippen molar-refractivity contribution in [1.29, 1.82) is 0 Å². The highest BCUT2D eigenvalue weighted by Crippen LogP contribution is 2.24. The molecule has 2 amide bonds. The summed E-state index contributed by atoms with van der Waals surface area (Å²) in [4.78, 5) is 32.3. The van der Waals surface area contributed by atoms with Gasteiger partial charge in [0.2, 0.25) is 12.3 Å². The van der Waals surface area contributed by atoms with E-state index < -0.39 is 5.82 Å². The fraction of sp³-hybridized carbons (Fsp3) is 0.458. The number of anilines is 2. The topological polar surface area (TPSA) is 68.8 Å². The molecular weight excluding hydrogens is 409 g/mol. The lowest BCUT2D eigenvalue weighted by Crippen LogP contribution is -2.46. The maximum absolute atomic E-state index is 14.5. The Hall–Kier alpha value is -3.00. The standard InChI is InChI=1S/C24H32FN5O2/c1-17(2)24(32)28(4)21-9-11-29(12-10-21)15-19-6-8-22(25)23(13-19)30(16-31)27-20-7-5-18(3)26-14-20/h5-8,13-14,16-17,21,27H,9-12,15H2,1-4H3. The fourth-order valence-electron chi connectivity index (χ4n) is 3.97. The van der Waals surface area contributed by atoms with Crippen LogP contribution < -0.4 is 10.4 Å². The van der Waals surface area contributed by atoms with E-state index in [1.165, 1.54) is 6.07 Å². The van der Waals surface area contributed by atoms with Gasteiger partial charge in [-0.2, -0.15) is 0 Å².